The van der Waals surface area contributed by atoms with Crippen LogP contribution in [0.4, 0.5) is 5.69 Å². The van der Waals surface area contributed by atoms with Gasteiger partial charge >= 0.3 is 0 Å². The average Bonchev–Trinajstić information content (AvgIpc) is 3.45. The molecule has 0 saturated heterocycles. The van der Waals surface area contributed by atoms with E-state index in [9.17, 15) is 9.59 Å². The summed E-state index contributed by atoms with van der Waals surface area (Å²) in [5.74, 6) is 0.344. The minimum absolute atomic E-state index is 0.166. The Labute approximate surface area is 189 Å². The molecule has 2 heterocycles. The monoisotopic (exact) mass is 439 g/mol. The van der Waals surface area contributed by atoms with E-state index in [0.29, 0.717) is 33.6 Å². The third-order valence-corrected chi connectivity index (χ3v) is 6.18. The van der Waals surface area contributed by atoms with Crippen molar-refractivity contribution in [2.75, 3.05) is 5.32 Å². The van der Waals surface area contributed by atoms with E-state index < -0.39 is 11.7 Å². The molecule has 0 atom stereocenters. The molecule has 1 aromatic heterocycles. The number of fused-ring (bicyclic) bond motifs is 2. The first kappa shape index (κ1) is 19.5. The highest BCUT2D eigenvalue weighted by Crippen LogP contribution is 2.47. The Balaban J connectivity index is 1.37. The molecule has 1 spiro atoms. The average molecular weight is 439 g/mol. The summed E-state index contributed by atoms with van der Waals surface area (Å²) in [6.07, 6.45) is 3.88. The summed E-state index contributed by atoms with van der Waals surface area (Å²) in [4.78, 5) is 26.4. The Morgan fingerprint density at radius 3 is 2.36 bits per heavy atom. The van der Waals surface area contributed by atoms with E-state index in [1.807, 2.05) is 24.3 Å². The molecule has 0 unspecified atom stereocenters. The fourth-order valence-corrected chi connectivity index (χ4v) is 4.58. The Morgan fingerprint density at radius 1 is 0.879 bits per heavy atom. The van der Waals surface area contributed by atoms with Crippen LogP contribution in [-0.4, -0.2) is 21.5 Å². The van der Waals surface area contributed by atoms with E-state index in [1.165, 1.54) is 4.68 Å². The van der Waals surface area contributed by atoms with Gasteiger partial charge in [-0.2, -0.15) is 9.78 Å². The predicted octanol–water partition coefficient (Wildman–Crippen LogP) is 4.68. The topological polar surface area (TPSA) is 82.4 Å². The minimum atomic E-state index is -0.562. The lowest BCUT2D eigenvalue weighted by molar-refractivity contribution is -0.0716. The number of anilines is 1. The van der Waals surface area contributed by atoms with Crippen LogP contribution in [0.15, 0.2) is 77.6 Å². The van der Waals surface area contributed by atoms with Gasteiger partial charge in [-0.15, -0.1) is 0 Å². The van der Waals surface area contributed by atoms with Gasteiger partial charge in [0.25, 0.3) is 17.3 Å². The zero-order chi connectivity index (χ0) is 22.4. The highest BCUT2D eigenvalue weighted by molar-refractivity contribution is 6.11. The van der Waals surface area contributed by atoms with E-state index >= 15 is 0 Å². The maximum Gasteiger partial charge on any atom is 0.279 e. The Hall–Kier alpha value is -4.13. The number of hydrogen-bond donors (Lipinski definition) is 1. The number of benzene rings is 3. The van der Waals surface area contributed by atoms with Crippen molar-refractivity contribution in [2.45, 2.75) is 31.5 Å². The molecule has 1 aliphatic heterocycles. The van der Waals surface area contributed by atoms with Crippen LogP contribution >= 0.6 is 0 Å². The number of hydrogen-bond acceptors (Lipinski definition) is 5. The first-order chi connectivity index (χ1) is 16.1. The molecular formula is C26H21N3O4. The Bertz CT molecular complexity index is 1440. The standard InChI is InChI=1S/C26H21N3O4/c30-24(27-17-12-13-21-22(16-17)33-26(32-21)14-6-7-15-26)23-19-10-4-5-11-20(19)25(31)29(28-23)18-8-2-1-3-9-18/h1-5,8-13,16H,6-7,14-15H2,(H,27,30). The van der Waals surface area contributed by atoms with E-state index in [4.69, 9.17) is 9.47 Å². The minimum Gasteiger partial charge on any atom is -0.448 e. The van der Waals surface area contributed by atoms with Crippen molar-refractivity contribution in [1.29, 1.82) is 0 Å². The fraction of sp³-hybridized carbons (Fsp3) is 0.192. The summed E-state index contributed by atoms with van der Waals surface area (Å²) in [6, 6.07) is 21.4. The lowest BCUT2D eigenvalue weighted by atomic mass is 10.1. The van der Waals surface area contributed by atoms with Gasteiger partial charge in [-0.25, -0.2) is 0 Å². The quantitative estimate of drug-likeness (QED) is 0.501. The van der Waals surface area contributed by atoms with Gasteiger partial charge in [-0.1, -0.05) is 36.4 Å². The third-order valence-electron chi connectivity index (χ3n) is 6.18. The molecule has 0 radical (unpaired) electrons. The number of carbonyl (C=O) groups excluding carboxylic acids is 1. The summed E-state index contributed by atoms with van der Waals surface area (Å²) >= 11 is 0. The summed E-state index contributed by atoms with van der Waals surface area (Å²) in [7, 11) is 0. The molecule has 3 aromatic carbocycles. The maximum absolute atomic E-state index is 13.3. The predicted molar refractivity (Wildman–Crippen MR) is 124 cm³/mol. The number of nitrogens with zero attached hydrogens (tertiary/aromatic N) is 2. The lowest BCUT2D eigenvalue weighted by Crippen LogP contribution is -2.34. The summed E-state index contributed by atoms with van der Waals surface area (Å²) in [5, 5.41) is 8.26. The van der Waals surface area contributed by atoms with Crippen molar-refractivity contribution in [3.8, 4) is 17.2 Å². The zero-order valence-electron chi connectivity index (χ0n) is 17.8. The summed E-state index contributed by atoms with van der Waals surface area (Å²) < 4.78 is 13.4. The van der Waals surface area contributed by atoms with Gasteiger partial charge in [0.2, 0.25) is 0 Å². The molecule has 7 nitrogen and oxygen atoms in total. The molecule has 1 fully saturated rings. The maximum atomic E-state index is 13.3. The first-order valence-corrected chi connectivity index (χ1v) is 11.0. The van der Waals surface area contributed by atoms with Crippen LogP contribution in [0.3, 0.4) is 0 Å². The van der Waals surface area contributed by atoms with E-state index in [1.54, 1.807) is 48.5 Å². The molecule has 1 saturated carbocycles. The van der Waals surface area contributed by atoms with Crippen LogP contribution in [0, 0.1) is 0 Å². The van der Waals surface area contributed by atoms with E-state index in [2.05, 4.69) is 10.4 Å². The molecule has 7 heteroatoms. The van der Waals surface area contributed by atoms with Gasteiger partial charge < -0.3 is 14.8 Å². The van der Waals surface area contributed by atoms with Crippen LogP contribution in [0.1, 0.15) is 36.2 Å². The van der Waals surface area contributed by atoms with E-state index in [-0.39, 0.29) is 11.3 Å². The second-order valence-electron chi connectivity index (χ2n) is 8.38. The van der Waals surface area contributed by atoms with Crippen LogP contribution < -0.4 is 20.3 Å². The highest BCUT2D eigenvalue weighted by Gasteiger charge is 2.44. The van der Waals surface area contributed by atoms with Gasteiger partial charge in [0, 0.05) is 30.0 Å². The number of para-hydroxylation sites is 1. The highest BCUT2D eigenvalue weighted by atomic mass is 16.7. The molecule has 2 aliphatic rings. The second kappa shape index (κ2) is 7.48. The SMILES string of the molecule is O=C(Nc1ccc2c(c1)OC1(CCCC1)O2)c1nn(-c2ccccc2)c(=O)c2ccccc12. The van der Waals surface area contributed by atoms with Gasteiger partial charge in [0.05, 0.1) is 11.1 Å². The molecule has 1 aliphatic carbocycles. The summed E-state index contributed by atoms with van der Waals surface area (Å²) in [6.45, 7) is 0. The van der Waals surface area contributed by atoms with Crippen molar-refractivity contribution in [3.05, 3.63) is 88.8 Å². The number of nitrogens with one attached hydrogen (secondary N) is 1. The third kappa shape index (κ3) is 3.33. The number of rotatable bonds is 3. The van der Waals surface area contributed by atoms with Crippen molar-refractivity contribution in [3.63, 3.8) is 0 Å². The smallest absolute Gasteiger partial charge is 0.279 e. The van der Waals surface area contributed by atoms with Crippen LogP contribution in [0.2, 0.25) is 0 Å². The van der Waals surface area contributed by atoms with Gasteiger partial charge in [0.15, 0.2) is 17.2 Å². The number of amides is 1. The normalized spacial score (nSPS) is 15.8. The van der Waals surface area contributed by atoms with Crippen LogP contribution in [0.25, 0.3) is 16.5 Å². The van der Waals surface area contributed by atoms with Gasteiger partial charge in [-0.05, 0) is 43.2 Å². The number of aromatic nitrogens is 2. The number of ether oxygens (including phenoxy) is 2. The molecule has 1 N–H and O–H groups in total. The molecule has 6 rings (SSSR count). The van der Waals surface area contributed by atoms with Crippen molar-refractivity contribution < 1.29 is 14.3 Å². The van der Waals surface area contributed by atoms with Crippen molar-refractivity contribution in [1.82, 2.24) is 9.78 Å². The van der Waals surface area contributed by atoms with Gasteiger partial charge in [0.1, 0.15) is 0 Å². The summed E-state index contributed by atoms with van der Waals surface area (Å²) in [5.41, 5.74) is 1.05. The largest absolute Gasteiger partial charge is 0.448 e. The van der Waals surface area contributed by atoms with E-state index in [0.717, 1.165) is 25.7 Å². The Kier molecular flexibility index (Phi) is 4.43. The molecule has 164 valence electrons. The molecule has 1 amide bonds. The molecule has 33 heavy (non-hydrogen) atoms. The fourth-order valence-electron chi connectivity index (χ4n) is 4.58. The number of carbonyl (C=O) groups is 1. The van der Waals surface area contributed by atoms with Gasteiger partial charge in [-0.3, -0.25) is 9.59 Å². The second-order valence-corrected chi connectivity index (χ2v) is 8.38. The van der Waals surface area contributed by atoms with Crippen molar-refractivity contribution >= 4 is 22.4 Å². The van der Waals surface area contributed by atoms with Crippen LogP contribution in [-0.2, 0) is 0 Å². The molecule has 0 bridgehead atoms. The zero-order valence-corrected chi connectivity index (χ0v) is 17.8. The molecular weight excluding hydrogens is 418 g/mol. The van der Waals surface area contributed by atoms with Crippen LogP contribution in [0.5, 0.6) is 11.5 Å². The first-order valence-electron chi connectivity index (χ1n) is 11.0. The molecule has 4 aromatic rings. The van der Waals surface area contributed by atoms with Crippen molar-refractivity contribution in [2.24, 2.45) is 0 Å². The Morgan fingerprint density at radius 2 is 1.58 bits per heavy atom. The lowest BCUT2D eigenvalue weighted by Gasteiger charge is -2.21.